The second-order valence-electron chi connectivity index (χ2n) is 6.35. The third-order valence-corrected chi connectivity index (χ3v) is 4.52. The number of methoxy groups -OCH3 is 1. The standard InChI is InChI=1S/C20H23NO5/c1-24-18-11-9-15-8-10-17(26-20(15)14-18)6-2-3-12-25-19-7-4-5-16(13-19)21(22)23/h4-5,7,9,11,13-14,17H,2-3,6,8,10,12H2,1H3. The quantitative estimate of drug-likeness (QED) is 0.394. The fourth-order valence-electron chi connectivity index (χ4n) is 3.09. The van der Waals surface area contributed by atoms with Crippen LogP contribution in [0.2, 0.25) is 0 Å². The average molecular weight is 357 g/mol. The molecule has 1 heterocycles. The Bertz CT molecular complexity index is 762. The molecule has 1 aliphatic rings. The Morgan fingerprint density at radius 2 is 2.08 bits per heavy atom. The van der Waals surface area contributed by atoms with Gasteiger partial charge < -0.3 is 14.2 Å². The van der Waals surface area contributed by atoms with Gasteiger partial charge in [-0.05, 0) is 49.8 Å². The van der Waals surface area contributed by atoms with Gasteiger partial charge in [0.05, 0.1) is 30.8 Å². The van der Waals surface area contributed by atoms with E-state index in [9.17, 15) is 10.1 Å². The molecule has 26 heavy (non-hydrogen) atoms. The van der Waals surface area contributed by atoms with Gasteiger partial charge in [-0.1, -0.05) is 12.1 Å². The lowest BCUT2D eigenvalue weighted by molar-refractivity contribution is -0.384. The van der Waals surface area contributed by atoms with E-state index in [4.69, 9.17) is 14.2 Å². The summed E-state index contributed by atoms with van der Waals surface area (Å²) >= 11 is 0. The maximum atomic E-state index is 10.8. The highest BCUT2D eigenvalue weighted by atomic mass is 16.6. The summed E-state index contributed by atoms with van der Waals surface area (Å²) in [6, 6.07) is 12.3. The highest BCUT2D eigenvalue weighted by molar-refractivity contribution is 5.42. The Labute approximate surface area is 152 Å². The molecule has 1 atom stereocenters. The van der Waals surface area contributed by atoms with Crippen LogP contribution in [-0.4, -0.2) is 24.7 Å². The molecule has 6 nitrogen and oxygen atoms in total. The van der Waals surface area contributed by atoms with Crippen LogP contribution in [-0.2, 0) is 6.42 Å². The zero-order chi connectivity index (χ0) is 18.4. The number of nitro groups is 1. The molecule has 0 fully saturated rings. The summed E-state index contributed by atoms with van der Waals surface area (Å²) < 4.78 is 17.0. The van der Waals surface area contributed by atoms with Crippen LogP contribution in [0, 0.1) is 10.1 Å². The number of ether oxygens (including phenoxy) is 3. The van der Waals surface area contributed by atoms with Gasteiger partial charge in [0.1, 0.15) is 17.2 Å². The summed E-state index contributed by atoms with van der Waals surface area (Å²) in [7, 11) is 1.66. The van der Waals surface area contributed by atoms with Gasteiger partial charge in [-0.15, -0.1) is 0 Å². The molecule has 1 aliphatic heterocycles. The number of non-ortho nitro benzene ring substituents is 1. The number of hydrogen-bond acceptors (Lipinski definition) is 5. The van der Waals surface area contributed by atoms with E-state index in [1.54, 1.807) is 19.2 Å². The Hall–Kier alpha value is -2.76. The van der Waals surface area contributed by atoms with Crippen molar-refractivity contribution in [2.24, 2.45) is 0 Å². The molecular formula is C20H23NO5. The smallest absolute Gasteiger partial charge is 0.273 e. The second-order valence-corrected chi connectivity index (χ2v) is 6.35. The van der Waals surface area contributed by atoms with Gasteiger partial charge in [-0.2, -0.15) is 0 Å². The lowest BCUT2D eigenvalue weighted by Gasteiger charge is -2.26. The van der Waals surface area contributed by atoms with E-state index in [-0.39, 0.29) is 11.8 Å². The number of fused-ring (bicyclic) bond motifs is 1. The molecule has 0 saturated heterocycles. The predicted molar refractivity (Wildman–Crippen MR) is 98.2 cm³/mol. The highest BCUT2D eigenvalue weighted by Crippen LogP contribution is 2.32. The van der Waals surface area contributed by atoms with Crippen molar-refractivity contribution in [1.29, 1.82) is 0 Å². The van der Waals surface area contributed by atoms with Gasteiger partial charge in [0, 0.05) is 12.1 Å². The zero-order valence-electron chi connectivity index (χ0n) is 14.8. The maximum absolute atomic E-state index is 10.8. The van der Waals surface area contributed by atoms with Crippen molar-refractivity contribution < 1.29 is 19.1 Å². The molecule has 6 heteroatoms. The van der Waals surface area contributed by atoms with Crippen molar-refractivity contribution in [2.45, 2.75) is 38.2 Å². The fourth-order valence-corrected chi connectivity index (χ4v) is 3.09. The molecule has 138 valence electrons. The number of rotatable bonds is 8. The Balaban J connectivity index is 1.40. The highest BCUT2D eigenvalue weighted by Gasteiger charge is 2.19. The summed E-state index contributed by atoms with van der Waals surface area (Å²) in [5.41, 5.74) is 1.28. The fraction of sp³-hybridized carbons (Fsp3) is 0.400. The summed E-state index contributed by atoms with van der Waals surface area (Å²) in [6.07, 6.45) is 5.09. The first kappa shape index (κ1) is 18.0. The number of nitrogens with zero attached hydrogens (tertiary/aromatic N) is 1. The van der Waals surface area contributed by atoms with E-state index in [2.05, 4.69) is 6.07 Å². The topological polar surface area (TPSA) is 70.8 Å². The van der Waals surface area contributed by atoms with Crippen LogP contribution in [0.15, 0.2) is 42.5 Å². The van der Waals surface area contributed by atoms with Crippen molar-refractivity contribution in [3.63, 3.8) is 0 Å². The number of hydrogen-bond donors (Lipinski definition) is 0. The van der Waals surface area contributed by atoms with Gasteiger partial charge in [-0.3, -0.25) is 10.1 Å². The van der Waals surface area contributed by atoms with E-state index < -0.39 is 4.92 Å². The summed E-state index contributed by atoms with van der Waals surface area (Å²) in [4.78, 5) is 10.3. The van der Waals surface area contributed by atoms with Crippen LogP contribution in [0.3, 0.4) is 0 Å². The molecule has 0 saturated carbocycles. The molecule has 0 bridgehead atoms. The van der Waals surface area contributed by atoms with Crippen molar-refractivity contribution in [3.8, 4) is 17.2 Å². The molecule has 0 aliphatic carbocycles. The third-order valence-electron chi connectivity index (χ3n) is 4.52. The lowest BCUT2D eigenvalue weighted by Crippen LogP contribution is -2.22. The molecule has 0 aromatic heterocycles. The minimum absolute atomic E-state index is 0.0483. The van der Waals surface area contributed by atoms with Gasteiger partial charge >= 0.3 is 0 Å². The molecule has 1 unspecified atom stereocenters. The van der Waals surface area contributed by atoms with Crippen LogP contribution < -0.4 is 14.2 Å². The molecule has 0 spiro atoms. The molecular weight excluding hydrogens is 334 g/mol. The van der Waals surface area contributed by atoms with Crippen LogP contribution in [0.4, 0.5) is 5.69 Å². The van der Waals surface area contributed by atoms with Gasteiger partial charge in [0.2, 0.25) is 0 Å². The Morgan fingerprint density at radius 1 is 1.19 bits per heavy atom. The Kier molecular flexibility index (Phi) is 5.94. The molecule has 2 aromatic rings. The summed E-state index contributed by atoms with van der Waals surface area (Å²) in [5.74, 6) is 2.28. The SMILES string of the molecule is COc1ccc2c(c1)OC(CCCCOc1cccc([N+](=O)[O-])c1)CC2. The van der Waals surface area contributed by atoms with Crippen molar-refractivity contribution in [2.75, 3.05) is 13.7 Å². The first-order valence-electron chi connectivity index (χ1n) is 8.86. The Morgan fingerprint density at radius 3 is 2.88 bits per heavy atom. The number of nitro benzene ring substituents is 1. The van der Waals surface area contributed by atoms with E-state index in [0.717, 1.165) is 43.6 Å². The normalized spacial score (nSPS) is 15.7. The van der Waals surface area contributed by atoms with E-state index in [0.29, 0.717) is 12.4 Å². The zero-order valence-corrected chi connectivity index (χ0v) is 14.8. The molecule has 0 amide bonds. The molecule has 0 radical (unpaired) electrons. The summed E-state index contributed by atoms with van der Waals surface area (Å²) in [6.45, 7) is 0.540. The van der Waals surface area contributed by atoms with Crippen LogP contribution in [0.1, 0.15) is 31.2 Å². The predicted octanol–water partition coefficient (Wildman–Crippen LogP) is 4.55. The average Bonchev–Trinajstić information content (AvgIpc) is 2.67. The van der Waals surface area contributed by atoms with Crippen molar-refractivity contribution >= 4 is 5.69 Å². The minimum Gasteiger partial charge on any atom is -0.497 e. The van der Waals surface area contributed by atoms with Gasteiger partial charge in [0.15, 0.2) is 0 Å². The van der Waals surface area contributed by atoms with Gasteiger partial charge in [0.25, 0.3) is 5.69 Å². The van der Waals surface area contributed by atoms with E-state index >= 15 is 0 Å². The number of benzene rings is 2. The van der Waals surface area contributed by atoms with Crippen molar-refractivity contribution in [3.05, 3.63) is 58.1 Å². The van der Waals surface area contributed by atoms with Crippen molar-refractivity contribution in [1.82, 2.24) is 0 Å². The molecule has 2 aromatic carbocycles. The maximum Gasteiger partial charge on any atom is 0.273 e. The largest absolute Gasteiger partial charge is 0.497 e. The lowest BCUT2D eigenvalue weighted by atomic mass is 9.99. The molecule has 0 N–H and O–H groups in total. The van der Waals surface area contributed by atoms with E-state index in [1.807, 2.05) is 12.1 Å². The second kappa shape index (κ2) is 8.56. The van der Waals surface area contributed by atoms with Crippen LogP contribution in [0.5, 0.6) is 17.2 Å². The van der Waals surface area contributed by atoms with Crippen LogP contribution in [0.25, 0.3) is 0 Å². The molecule has 3 rings (SSSR count). The summed E-state index contributed by atoms with van der Waals surface area (Å²) in [5, 5.41) is 10.8. The van der Waals surface area contributed by atoms with E-state index in [1.165, 1.54) is 17.7 Å². The number of aryl methyl sites for hydroxylation is 1. The third kappa shape index (κ3) is 4.65. The minimum atomic E-state index is -0.417. The first-order chi connectivity index (χ1) is 12.7. The number of unbranched alkanes of at least 4 members (excludes halogenated alkanes) is 1. The van der Waals surface area contributed by atoms with Gasteiger partial charge in [-0.25, -0.2) is 0 Å². The first-order valence-corrected chi connectivity index (χ1v) is 8.86. The van der Waals surface area contributed by atoms with Crippen LogP contribution >= 0.6 is 0 Å². The monoisotopic (exact) mass is 357 g/mol.